The number of nitrogens with two attached hydrogens (primary N) is 1. The van der Waals surface area contributed by atoms with Gasteiger partial charge in [-0.2, -0.15) is 0 Å². The second-order valence-electron chi connectivity index (χ2n) is 5.27. The summed E-state index contributed by atoms with van der Waals surface area (Å²) in [5, 5.41) is 0. The van der Waals surface area contributed by atoms with Crippen LogP contribution >= 0.6 is 0 Å². The minimum absolute atomic E-state index is 0.209. The number of benzene rings is 1. The first-order valence-corrected chi connectivity index (χ1v) is 8.89. The maximum atomic E-state index is 12.4. The highest BCUT2D eigenvalue weighted by atomic mass is 32.2. The zero-order chi connectivity index (χ0) is 16.0. The van der Waals surface area contributed by atoms with Crippen LogP contribution in [0.5, 0.6) is 0 Å². The Morgan fingerprint density at radius 3 is 2.33 bits per heavy atom. The fraction of sp³-hybridized carbons (Fsp3) is 0.600. The van der Waals surface area contributed by atoms with Gasteiger partial charge in [-0.1, -0.05) is 26.0 Å². The van der Waals surface area contributed by atoms with Crippen molar-refractivity contribution in [2.45, 2.75) is 39.0 Å². The summed E-state index contributed by atoms with van der Waals surface area (Å²) in [5.74, 6) is 0. The second kappa shape index (κ2) is 7.77. The summed E-state index contributed by atoms with van der Waals surface area (Å²) in [6.07, 6.45) is 1.06. The largest absolute Gasteiger partial charge is 0.397 e. The van der Waals surface area contributed by atoms with Crippen molar-refractivity contribution in [1.29, 1.82) is 0 Å². The topological polar surface area (TPSA) is 75.4 Å². The van der Waals surface area contributed by atoms with Crippen molar-refractivity contribution in [3.8, 4) is 0 Å². The van der Waals surface area contributed by atoms with Crippen LogP contribution in [0.1, 0.15) is 31.4 Å². The molecule has 1 aromatic rings. The lowest BCUT2D eigenvalue weighted by Crippen LogP contribution is -2.35. The van der Waals surface area contributed by atoms with Crippen molar-refractivity contribution in [2.75, 3.05) is 31.9 Å². The Labute approximate surface area is 128 Å². The van der Waals surface area contributed by atoms with Crippen molar-refractivity contribution in [1.82, 2.24) is 9.62 Å². The molecule has 0 radical (unpaired) electrons. The predicted octanol–water partition coefficient (Wildman–Crippen LogP) is 1.90. The Bertz CT molecular complexity index is 571. The van der Waals surface area contributed by atoms with Crippen LogP contribution in [0, 0.1) is 13.8 Å². The van der Waals surface area contributed by atoms with Crippen molar-refractivity contribution in [3.05, 3.63) is 23.3 Å². The molecule has 120 valence electrons. The third kappa shape index (κ3) is 4.69. The second-order valence-corrected chi connectivity index (χ2v) is 6.98. The fourth-order valence-electron chi connectivity index (χ4n) is 2.32. The first-order chi connectivity index (χ1) is 9.83. The number of hydrogen-bond donors (Lipinski definition) is 2. The number of hydrogen-bond acceptors (Lipinski definition) is 4. The van der Waals surface area contributed by atoms with Crippen molar-refractivity contribution in [2.24, 2.45) is 0 Å². The molecule has 0 aliphatic heterocycles. The first-order valence-electron chi connectivity index (χ1n) is 7.41. The van der Waals surface area contributed by atoms with Gasteiger partial charge in [0.1, 0.15) is 4.90 Å². The van der Waals surface area contributed by atoms with Gasteiger partial charge in [0.2, 0.25) is 10.0 Å². The fourth-order valence-corrected chi connectivity index (χ4v) is 3.76. The molecule has 0 atom stereocenters. The van der Waals surface area contributed by atoms with E-state index in [4.69, 9.17) is 5.73 Å². The quantitative estimate of drug-likeness (QED) is 0.719. The molecule has 0 aliphatic carbocycles. The van der Waals surface area contributed by atoms with Crippen LogP contribution in [0.3, 0.4) is 0 Å². The van der Waals surface area contributed by atoms with Crippen LogP contribution in [0.15, 0.2) is 17.0 Å². The molecule has 0 fully saturated rings. The molecule has 0 spiro atoms. The van der Waals surface area contributed by atoms with Crippen LogP contribution in [-0.4, -0.2) is 39.5 Å². The minimum Gasteiger partial charge on any atom is -0.397 e. The summed E-state index contributed by atoms with van der Waals surface area (Å²) in [6.45, 7) is 10.8. The predicted molar refractivity (Wildman–Crippen MR) is 87.9 cm³/mol. The molecule has 3 N–H and O–H groups in total. The van der Waals surface area contributed by atoms with Gasteiger partial charge < -0.3 is 10.6 Å². The van der Waals surface area contributed by atoms with E-state index in [1.54, 1.807) is 13.0 Å². The SMILES string of the molecule is CCCN(CC)CCNS(=O)(=O)c1c(C)ccc(C)c1N. The third-order valence-corrected chi connectivity index (χ3v) is 5.25. The number of anilines is 1. The smallest absolute Gasteiger partial charge is 0.242 e. The number of nitrogens with zero attached hydrogens (tertiary/aromatic N) is 1. The molecule has 0 saturated heterocycles. The standard InChI is InChI=1S/C15H27N3O2S/c1-5-10-18(6-2)11-9-17-21(19,20)15-13(4)8-7-12(3)14(15)16/h7-8,17H,5-6,9-11,16H2,1-4H3. The Hall–Kier alpha value is -1.11. The highest BCUT2D eigenvalue weighted by Gasteiger charge is 2.20. The van der Waals surface area contributed by atoms with Gasteiger partial charge in [0.15, 0.2) is 0 Å². The Balaban J connectivity index is 2.81. The minimum atomic E-state index is -3.56. The van der Waals surface area contributed by atoms with Crippen molar-refractivity contribution in [3.63, 3.8) is 0 Å². The highest BCUT2D eigenvalue weighted by molar-refractivity contribution is 7.89. The summed E-state index contributed by atoms with van der Waals surface area (Å²) < 4.78 is 27.5. The van der Waals surface area contributed by atoms with Crippen LogP contribution in [0.2, 0.25) is 0 Å². The van der Waals surface area contributed by atoms with Crippen LogP contribution in [0.4, 0.5) is 5.69 Å². The summed E-state index contributed by atoms with van der Waals surface area (Å²) in [6, 6.07) is 3.62. The molecular formula is C15H27N3O2S. The molecule has 0 amide bonds. The average Bonchev–Trinajstić information content (AvgIpc) is 2.42. The van der Waals surface area contributed by atoms with Crippen LogP contribution < -0.4 is 10.5 Å². The van der Waals surface area contributed by atoms with Gasteiger partial charge in [0.25, 0.3) is 0 Å². The number of rotatable bonds is 8. The van der Waals surface area contributed by atoms with Gasteiger partial charge >= 0.3 is 0 Å². The summed E-state index contributed by atoms with van der Waals surface area (Å²) in [4.78, 5) is 2.43. The summed E-state index contributed by atoms with van der Waals surface area (Å²) in [7, 11) is -3.56. The molecule has 0 heterocycles. The molecule has 0 saturated carbocycles. The monoisotopic (exact) mass is 313 g/mol. The lowest BCUT2D eigenvalue weighted by Gasteiger charge is -2.20. The molecule has 0 unspecified atom stereocenters. The number of likely N-dealkylation sites (N-methyl/N-ethyl adjacent to an activating group) is 1. The van der Waals surface area contributed by atoms with E-state index in [2.05, 4.69) is 23.5 Å². The molecule has 1 aromatic carbocycles. The maximum absolute atomic E-state index is 12.4. The van der Waals surface area contributed by atoms with Gasteiger partial charge in [-0.3, -0.25) is 0 Å². The Morgan fingerprint density at radius 2 is 1.76 bits per heavy atom. The molecule has 0 aromatic heterocycles. The maximum Gasteiger partial charge on any atom is 0.242 e. The van der Waals surface area contributed by atoms with Crippen LogP contribution in [0.25, 0.3) is 0 Å². The lowest BCUT2D eigenvalue weighted by molar-refractivity contribution is 0.293. The average molecular weight is 313 g/mol. The van der Waals surface area contributed by atoms with Gasteiger partial charge in [0, 0.05) is 13.1 Å². The van der Waals surface area contributed by atoms with E-state index < -0.39 is 10.0 Å². The number of sulfonamides is 1. The zero-order valence-corrected chi connectivity index (χ0v) is 14.3. The molecule has 0 bridgehead atoms. The molecule has 21 heavy (non-hydrogen) atoms. The van der Waals surface area contributed by atoms with Gasteiger partial charge in [-0.25, -0.2) is 13.1 Å². The third-order valence-electron chi connectivity index (χ3n) is 3.59. The van der Waals surface area contributed by atoms with Crippen LogP contribution in [-0.2, 0) is 10.0 Å². The van der Waals surface area contributed by atoms with Gasteiger partial charge in [-0.15, -0.1) is 0 Å². The first kappa shape index (κ1) is 17.9. The summed E-state index contributed by atoms with van der Waals surface area (Å²) in [5.41, 5.74) is 7.73. The molecule has 6 heteroatoms. The molecule has 1 rings (SSSR count). The Kier molecular flexibility index (Phi) is 6.64. The highest BCUT2D eigenvalue weighted by Crippen LogP contribution is 2.25. The van der Waals surface area contributed by atoms with E-state index in [1.165, 1.54) is 0 Å². The molecule has 0 aliphatic rings. The lowest BCUT2D eigenvalue weighted by atomic mass is 10.1. The van der Waals surface area contributed by atoms with E-state index >= 15 is 0 Å². The van der Waals surface area contributed by atoms with Crippen molar-refractivity contribution < 1.29 is 8.42 Å². The number of aryl methyl sites for hydroxylation is 2. The van der Waals surface area contributed by atoms with E-state index in [9.17, 15) is 8.42 Å². The number of nitrogens with one attached hydrogen (secondary N) is 1. The van der Waals surface area contributed by atoms with E-state index in [0.29, 0.717) is 24.3 Å². The van der Waals surface area contributed by atoms with Gasteiger partial charge in [0.05, 0.1) is 5.69 Å². The molecular weight excluding hydrogens is 286 g/mol. The zero-order valence-electron chi connectivity index (χ0n) is 13.4. The normalized spacial score (nSPS) is 12.0. The summed E-state index contributed by atoms with van der Waals surface area (Å²) >= 11 is 0. The number of nitrogen functional groups attached to an aromatic ring is 1. The van der Waals surface area contributed by atoms with E-state index in [0.717, 1.165) is 25.1 Å². The Morgan fingerprint density at radius 1 is 1.14 bits per heavy atom. The van der Waals surface area contributed by atoms with Gasteiger partial charge in [-0.05, 0) is 44.5 Å². The van der Waals surface area contributed by atoms with Crippen molar-refractivity contribution >= 4 is 15.7 Å². The molecule has 5 nitrogen and oxygen atoms in total. The van der Waals surface area contributed by atoms with E-state index in [-0.39, 0.29) is 4.90 Å². The van der Waals surface area contributed by atoms with E-state index in [1.807, 2.05) is 13.0 Å².